The van der Waals surface area contributed by atoms with Gasteiger partial charge in [-0.15, -0.1) is 0 Å². The number of benzene rings is 1. The fourth-order valence-electron chi connectivity index (χ4n) is 3.01. The highest BCUT2D eigenvalue weighted by molar-refractivity contribution is 7.08. The maximum Gasteiger partial charge on any atom is 0.337 e. The van der Waals surface area contributed by atoms with E-state index in [-0.39, 0.29) is 17.0 Å². The van der Waals surface area contributed by atoms with E-state index in [0.717, 1.165) is 18.7 Å². The highest BCUT2D eigenvalue weighted by Crippen LogP contribution is 2.23. The minimum Gasteiger partial charge on any atom is -0.478 e. The quantitative estimate of drug-likeness (QED) is 0.904. The predicted molar refractivity (Wildman–Crippen MR) is 95.0 cm³/mol. The molecule has 0 radical (unpaired) electrons. The number of thiophene rings is 1. The lowest BCUT2D eigenvalue weighted by Crippen LogP contribution is -2.27. The standard InChI is InChI=1S/C18H20N2O3S/c1-19(17(21)15-11-24-12-16(15)18(22)23)10-13-5-4-6-14(9-13)20-7-2-3-8-20/h4-6,9,11-12H,2-3,7-8,10H2,1H3,(H,22,23). The summed E-state index contributed by atoms with van der Waals surface area (Å²) < 4.78 is 0. The van der Waals surface area contributed by atoms with E-state index in [4.69, 9.17) is 5.11 Å². The number of rotatable bonds is 5. The number of carbonyl (C=O) groups is 2. The van der Waals surface area contributed by atoms with Gasteiger partial charge in [0.15, 0.2) is 0 Å². The van der Waals surface area contributed by atoms with Gasteiger partial charge in [-0.3, -0.25) is 4.79 Å². The molecule has 1 amide bonds. The van der Waals surface area contributed by atoms with Crippen molar-refractivity contribution in [3.63, 3.8) is 0 Å². The van der Waals surface area contributed by atoms with Crippen molar-refractivity contribution in [1.29, 1.82) is 0 Å². The molecule has 1 aromatic heterocycles. The van der Waals surface area contributed by atoms with Crippen LogP contribution in [0.4, 0.5) is 5.69 Å². The molecule has 2 aromatic rings. The number of carboxylic acids is 1. The van der Waals surface area contributed by atoms with E-state index in [1.54, 1.807) is 17.3 Å². The molecular formula is C18H20N2O3S. The molecule has 2 heterocycles. The summed E-state index contributed by atoms with van der Waals surface area (Å²) in [6, 6.07) is 8.21. The Labute approximate surface area is 145 Å². The van der Waals surface area contributed by atoms with E-state index in [2.05, 4.69) is 17.0 Å². The molecule has 1 aromatic carbocycles. The monoisotopic (exact) mass is 344 g/mol. The fraction of sp³-hybridized carbons (Fsp3) is 0.333. The number of carboxylic acid groups (broad SMARTS) is 1. The second kappa shape index (κ2) is 7.05. The Morgan fingerprint density at radius 3 is 2.62 bits per heavy atom. The summed E-state index contributed by atoms with van der Waals surface area (Å²) in [7, 11) is 1.70. The van der Waals surface area contributed by atoms with Crippen molar-refractivity contribution in [3.8, 4) is 0 Å². The van der Waals surface area contributed by atoms with Gasteiger partial charge in [-0.25, -0.2) is 4.79 Å². The van der Waals surface area contributed by atoms with Crippen molar-refractivity contribution in [1.82, 2.24) is 4.90 Å². The molecule has 1 fully saturated rings. The molecule has 0 unspecified atom stereocenters. The molecular weight excluding hydrogens is 324 g/mol. The summed E-state index contributed by atoms with van der Waals surface area (Å²) in [4.78, 5) is 27.6. The van der Waals surface area contributed by atoms with Crippen LogP contribution in [0.5, 0.6) is 0 Å². The largest absolute Gasteiger partial charge is 0.478 e. The van der Waals surface area contributed by atoms with Gasteiger partial charge in [0.1, 0.15) is 0 Å². The van der Waals surface area contributed by atoms with E-state index in [1.165, 1.54) is 35.2 Å². The molecule has 3 rings (SSSR count). The van der Waals surface area contributed by atoms with Gasteiger partial charge in [0.05, 0.1) is 11.1 Å². The first kappa shape index (κ1) is 16.5. The van der Waals surface area contributed by atoms with Crippen LogP contribution in [-0.2, 0) is 6.54 Å². The highest BCUT2D eigenvalue weighted by Gasteiger charge is 2.21. The lowest BCUT2D eigenvalue weighted by Gasteiger charge is -2.21. The Kier molecular flexibility index (Phi) is 4.85. The Balaban J connectivity index is 1.73. The Morgan fingerprint density at radius 2 is 1.92 bits per heavy atom. The molecule has 0 aliphatic carbocycles. The third-order valence-corrected chi connectivity index (χ3v) is 5.01. The van der Waals surface area contributed by atoms with Crippen molar-refractivity contribution in [2.75, 3.05) is 25.0 Å². The Bertz CT molecular complexity index is 750. The van der Waals surface area contributed by atoms with Crippen molar-refractivity contribution in [2.24, 2.45) is 0 Å². The zero-order valence-electron chi connectivity index (χ0n) is 13.6. The average molecular weight is 344 g/mol. The Morgan fingerprint density at radius 1 is 1.21 bits per heavy atom. The smallest absolute Gasteiger partial charge is 0.337 e. The summed E-state index contributed by atoms with van der Waals surface area (Å²) in [6.07, 6.45) is 2.44. The van der Waals surface area contributed by atoms with Gasteiger partial charge in [0.2, 0.25) is 0 Å². The molecule has 1 aliphatic rings. The highest BCUT2D eigenvalue weighted by atomic mass is 32.1. The van der Waals surface area contributed by atoms with Gasteiger partial charge >= 0.3 is 5.97 Å². The second-order valence-electron chi connectivity index (χ2n) is 6.03. The topological polar surface area (TPSA) is 60.9 Å². The number of aromatic carboxylic acids is 1. The van der Waals surface area contributed by atoms with Crippen LogP contribution in [0.1, 0.15) is 39.1 Å². The van der Waals surface area contributed by atoms with Crippen LogP contribution >= 0.6 is 11.3 Å². The van der Waals surface area contributed by atoms with E-state index < -0.39 is 5.97 Å². The number of carbonyl (C=O) groups excluding carboxylic acids is 1. The van der Waals surface area contributed by atoms with Crippen molar-refractivity contribution >= 4 is 28.9 Å². The molecule has 5 nitrogen and oxygen atoms in total. The summed E-state index contributed by atoms with van der Waals surface area (Å²) >= 11 is 1.23. The van der Waals surface area contributed by atoms with Crippen LogP contribution in [0.2, 0.25) is 0 Å². The third-order valence-electron chi connectivity index (χ3n) is 4.27. The van der Waals surface area contributed by atoms with Gasteiger partial charge in [0.25, 0.3) is 5.91 Å². The summed E-state index contributed by atoms with van der Waals surface area (Å²) in [5, 5.41) is 12.3. The fourth-order valence-corrected chi connectivity index (χ4v) is 3.80. The molecule has 0 saturated carbocycles. The summed E-state index contributed by atoms with van der Waals surface area (Å²) in [5.74, 6) is -1.33. The van der Waals surface area contributed by atoms with E-state index in [0.29, 0.717) is 6.54 Å². The number of hydrogen-bond donors (Lipinski definition) is 1. The van der Waals surface area contributed by atoms with E-state index >= 15 is 0 Å². The van der Waals surface area contributed by atoms with Crippen LogP contribution in [-0.4, -0.2) is 42.0 Å². The lowest BCUT2D eigenvalue weighted by molar-refractivity contribution is 0.0681. The average Bonchev–Trinajstić information content (AvgIpc) is 3.25. The molecule has 6 heteroatoms. The lowest BCUT2D eigenvalue weighted by atomic mass is 10.1. The van der Waals surface area contributed by atoms with Gasteiger partial charge < -0.3 is 14.9 Å². The predicted octanol–water partition coefficient (Wildman–Crippen LogP) is 3.32. The maximum absolute atomic E-state index is 12.5. The van der Waals surface area contributed by atoms with Crippen LogP contribution < -0.4 is 4.90 Å². The van der Waals surface area contributed by atoms with E-state index in [9.17, 15) is 9.59 Å². The molecule has 0 spiro atoms. The van der Waals surface area contributed by atoms with Crippen LogP contribution in [0.15, 0.2) is 35.0 Å². The number of hydrogen-bond acceptors (Lipinski definition) is 4. The molecule has 0 atom stereocenters. The first-order valence-electron chi connectivity index (χ1n) is 7.95. The van der Waals surface area contributed by atoms with Crippen molar-refractivity contribution in [2.45, 2.75) is 19.4 Å². The first-order valence-corrected chi connectivity index (χ1v) is 8.89. The molecule has 1 saturated heterocycles. The van der Waals surface area contributed by atoms with Crippen LogP contribution in [0, 0.1) is 0 Å². The summed E-state index contributed by atoms with van der Waals surface area (Å²) in [6.45, 7) is 2.61. The second-order valence-corrected chi connectivity index (χ2v) is 6.77. The third kappa shape index (κ3) is 3.43. The summed E-state index contributed by atoms with van der Waals surface area (Å²) in [5.41, 5.74) is 2.56. The van der Waals surface area contributed by atoms with E-state index in [1.807, 2.05) is 12.1 Å². The number of amides is 1. The van der Waals surface area contributed by atoms with Gasteiger partial charge in [-0.05, 0) is 30.5 Å². The number of anilines is 1. The van der Waals surface area contributed by atoms with Crippen LogP contribution in [0.25, 0.3) is 0 Å². The Hall–Kier alpha value is -2.34. The minimum absolute atomic E-state index is 0.0719. The van der Waals surface area contributed by atoms with Gasteiger partial charge in [-0.2, -0.15) is 11.3 Å². The van der Waals surface area contributed by atoms with Crippen molar-refractivity contribution in [3.05, 3.63) is 51.7 Å². The molecule has 24 heavy (non-hydrogen) atoms. The maximum atomic E-state index is 12.5. The first-order chi connectivity index (χ1) is 11.6. The zero-order chi connectivity index (χ0) is 17.1. The molecule has 0 bridgehead atoms. The minimum atomic E-state index is -1.07. The normalized spacial score (nSPS) is 14.0. The van der Waals surface area contributed by atoms with Crippen LogP contribution in [0.3, 0.4) is 0 Å². The molecule has 126 valence electrons. The molecule has 1 N–H and O–H groups in total. The SMILES string of the molecule is CN(Cc1cccc(N2CCCC2)c1)C(=O)c1cscc1C(=O)O. The van der Waals surface area contributed by atoms with Crippen molar-refractivity contribution < 1.29 is 14.7 Å². The van der Waals surface area contributed by atoms with Gasteiger partial charge in [0, 0.05) is 43.1 Å². The molecule has 1 aliphatic heterocycles. The number of nitrogens with zero attached hydrogens (tertiary/aromatic N) is 2. The zero-order valence-corrected chi connectivity index (χ0v) is 14.4. The van der Waals surface area contributed by atoms with Gasteiger partial charge in [-0.1, -0.05) is 12.1 Å².